The molecule has 6 nitrogen and oxygen atoms in total. The molecule has 1 aliphatic rings. The Balaban J connectivity index is 1.96. The van der Waals surface area contributed by atoms with Crippen LogP contribution in [-0.4, -0.2) is 38.4 Å². The van der Waals surface area contributed by atoms with Crippen molar-refractivity contribution < 1.29 is 17.9 Å². The van der Waals surface area contributed by atoms with Gasteiger partial charge in [0.15, 0.2) is 6.61 Å². The van der Waals surface area contributed by atoms with Crippen molar-refractivity contribution in [1.29, 1.82) is 5.26 Å². The average molecular weight is 336 g/mol. The van der Waals surface area contributed by atoms with Gasteiger partial charge in [-0.2, -0.15) is 9.57 Å². The first-order valence-electron chi connectivity index (χ1n) is 7.66. The first-order valence-corrected chi connectivity index (χ1v) is 9.10. The highest BCUT2D eigenvalue weighted by Gasteiger charge is 2.25. The molecule has 1 saturated heterocycles. The number of carbonyl (C=O) groups is 1. The minimum Gasteiger partial charge on any atom is -0.450 e. The molecule has 0 aliphatic carbocycles. The molecule has 1 aromatic carbocycles. The van der Waals surface area contributed by atoms with Gasteiger partial charge in [-0.3, -0.25) is 4.79 Å². The molecule has 2 rings (SSSR count). The number of rotatable bonds is 6. The maximum absolute atomic E-state index is 12.5. The minimum absolute atomic E-state index is 0.167. The predicted octanol–water partition coefficient (Wildman–Crippen LogP) is 1.86. The van der Waals surface area contributed by atoms with Gasteiger partial charge >= 0.3 is 5.97 Å². The monoisotopic (exact) mass is 336 g/mol. The van der Waals surface area contributed by atoms with Crippen molar-refractivity contribution in [3.63, 3.8) is 0 Å². The van der Waals surface area contributed by atoms with Crippen molar-refractivity contribution in [2.75, 3.05) is 19.7 Å². The SMILES string of the molecule is N#CCOC(=O)CCc1ccc(S(=O)(=O)N2CCCCC2)cc1. The van der Waals surface area contributed by atoms with Crippen LogP contribution in [0.25, 0.3) is 0 Å². The van der Waals surface area contributed by atoms with Crippen LogP contribution in [-0.2, 0) is 26.0 Å². The van der Waals surface area contributed by atoms with E-state index in [1.165, 1.54) is 4.31 Å². The van der Waals surface area contributed by atoms with E-state index >= 15 is 0 Å². The predicted molar refractivity (Wildman–Crippen MR) is 83.9 cm³/mol. The highest BCUT2D eigenvalue weighted by Crippen LogP contribution is 2.21. The van der Waals surface area contributed by atoms with E-state index in [2.05, 4.69) is 4.74 Å². The zero-order valence-corrected chi connectivity index (χ0v) is 13.7. The topological polar surface area (TPSA) is 87.5 Å². The molecule has 0 saturated carbocycles. The molecule has 0 unspecified atom stereocenters. The summed E-state index contributed by atoms with van der Waals surface area (Å²) >= 11 is 0. The maximum atomic E-state index is 12.5. The number of ether oxygens (including phenoxy) is 1. The van der Waals surface area contributed by atoms with Gasteiger partial charge in [0.05, 0.1) is 4.90 Å². The van der Waals surface area contributed by atoms with Gasteiger partial charge in [-0.05, 0) is 37.0 Å². The zero-order chi connectivity index (χ0) is 16.7. The van der Waals surface area contributed by atoms with E-state index in [1.54, 1.807) is 30.3 Å². The highest BCUT2D eigenvalue weighted by molar-refractivity contribution is 7.89. The molecule has 7 heteroatoms. The Kier molecular flexibility index (Phi) is 6.13. The number of hydrogen-bond acceptors (Lipinski definition) is 5. The lowest BCUT2D eigenvalue weighted by Crippen LogP contribution is -2.35. The van der Waals surface area contributed by atoms with E-state index in [4.69, 9.17) is 5.26 Å². The van der Waals surface area contributed by atoms with Crippen LogP contribution in [0.5, 0.6) is 0 Å². The van der Waals surface area contributed by atoms with Gasteiger partial charge in [-0.15, -0.1) is 0 Å². The summed E-state index contributed by atoms with van der Waals surface area (Å²) in [5.41, 5.74) is 0.858. The molecule has 0 spiro atoms. The van der Waals surface area contributed by atoms with Gasteiger partial charge < -0.3 is 4.74 Å². The van der Waals surface area contributed by atoms with Crippen LogP contribution in [0.1, 0.15) is 31.2 Å². The molecule has 0 aromatic heterocycles. The van der Waals surface area contributed by atoms with Gasteiger partial charge in [0.2, 0.25) is 10.0 Å². The molecule has 124 valence electrons. The van der Waals surface area contributed by atoms with Gasteiger partial charge in [0, 0.05) is 19.5 Å². The zero-order valence-electron chi connectivity index (χ0n) is 12.9. The van der Waals surface area contributed by atoms with E-state index in [0.717, 1.165) is 24.8 Å². The normalized spacial score (nSPS) is 15.8. The van der Waals surface area contributed by atoms with E-state index in [9.17, 15) is 13.2 Å². The van der Waals surface area contributed by atoms with Gasteiger partial charge in [-0.25, -0.2) is 8.42 Å². The summed E-state index contributed by atoms with van der Waals surface area (Å²) < 4.78 is 31.2. The fourth-order valence-corrected chi connectivity index (χ4v) is 4.03. The van der Waals surface area contributed by atoms with Crippen molar-refractivity contribution >= 4 is 16.0 Å². The van der Waals surface area contributed by atoms with Crippen molar-refractivity contribution in [2.45, 2.75) is 37.0 Å². The van der Waals surface area contributed by atoms with Crippen LogP contribution in [0.3, 0.4) is 0 Å². The summed E-state index contributed by atoms with van der Waals surface area (Å²) in [7, 11) is -3.42. The number of carbonyl (C=O) groups excluding carboxylic acids is 1. The number of sulfonamides is 1. The molecule has 1 aliphatic heterocycles. The lowest BCUT2D eigenvalue weighted by molar-refractivity contribution is -0.142. The quantitative estimate of drug-likeness (QED) is 0.740. The van der Waals surface area contributed by atoms with Gasteiger partial charge in [-0.1, -0.05) is 18.6 Å². The Morgan fingerprint density at radius 2 is 1.83 bits per heavy atom. The Morgan fingerprint density at radius 1 is 1.17 bits per heavy atom. The van der Waals surface area contributed by atoms with Crippen LogP contribution in [0, 0.1) is 11.3 Å². The second kappa shape index (κ2) is 8.09. The molecular weight excluding hydrogens is 316 g/mol. The van der Waals surface area contributed by atoms with Crippen molar-refractivity contribution in [2.24, 2.45) is 0 Å². The third-order valence-electron chi connectivity index (χ3n) is 3.79. The summed E-state index contributed by atoms with van der Waals surface area (Å²) in [4.78, 5) is 11.6. The molecule has 0 amide bonds. The van der Waals surface area contributed by atoms with Crippen molar-refractivity contribution in [3.05, 3.63) is 29.8 Å². The van der Waals surface area contributed by atoms with E-state index in [1.807, 2.05) is 0 Å². The molecule has 0 atom stereocenters. The van der Waals surface area contributed by atoms with E-state index in [0.29, 0.717) is 19.5 Å². The Bertz CT molecular complexity index is 671. The van der Waals surface area contributed by atoms with Crippen LogP contribution in [0.4, 0.5) is 0 Å². The van der Waals surface area contributed by atoms with E-state index < -0.39 is 16.0 Å². The molecule has 0 radical (unpaired) electrons. The number of benzene rings is 1. The molecule has 23 heavy (non-hydrogen) atoms. The molecule has 1 heterocycles. The van der Waals surface area contributed by atoms with Crippen molar-refractivity contribution in [3.8, 4) is 6.07 Å². The maximum Gasteiger partial charge on any atom is 0.307 e. The summed E-state index contributed by atoms with van der Waals surface area (Å²) in [6.07, 6.45) is 3.51. The van der Waals surface area contributed by atoms with Crippen LogP contribution in [0.2, 0.25) is 0 Å². The largest absolute Gasteiger partial charge is 0.450 e. The molecule has 1 fully saturated rings. The number of nitrogens with zero attached hydrogens (tertiary/aromatic N) is 2. The Morgan fingerprint density at radius 3 is 2.43 bits per heavy atom. The summed E-state index contributed by atoms with van der Waals surface area (Å²) in [6.45, 7) is 0.912. The van der Waals surface area contributed by atoms with Gasteiger partial charge in [0.25, 0.3) is 0 Å². The first kappa shape index (κ1) is 17.4. The summed E-state index contributed by atoms with van der Waals surface area (Å²) in [6, 6.07) is 8.34. The first-order chi connectivity index (χ1) is 11.0. The van der Waals surface area contributed by atoms with Crippen LogP contribution in [0.15, 0.2) is 29.2 Å². The standard InChI is InChI=1S/C16H20N2O4S/c17-10-13-22-16(19)9-6-14-4-7-15(8-5-14)23(20,21)18-11-2-1-3-12-18/h4-5,7-8H,1-3,6,9,11-13H2. The number of nitriles is 1. The molecule has 0 N–H and O–H groups in total. The smallest absolute Gasteiger partial charge is 0.307 e. The van der Waals surface area contributed by atoms with Gasteiger partial charge in [0.1, 0.15) is 6.07 Å². The summed E-state index contributed by atoms with van der Waals surface area (Å²) in [5, 5.41) is 8.33. The summed E-state index contributed by atoms with van der Waals surface area (Å²) in [5.74, 6) is -0.434. The number of aryl methyl sites for hydroxylation is 1. The minimum atomic E-state index is -3.42. The lowest BCUT2D eigenvalue weighted by atomic mass is 10.1. The third-order valence-corrected chi connectivity index (χ3v) is 5.70. The fourth-order valence-electron chi connectivity index (χ4n) is 2.51. The molecule has 1 aromatic rings. The van der Waals surface area contributed by atoms with Crippen LogP contribution < -0.4 is 0 Å². The van der Waals surface area contributed by atoms with E-state index in [-0.39, 0.29) is 17.9 Å². The number of hydrogen-bond donors (Lipinski definition) is 0. The fraction of sp³-hybridized carbons (Fsp3) is 0.500. The third kappa shape index (κ3) is 4.78. The van der Waals surface area contributed by atoms with Crippen molar-refractivity contribution in [1.82, 2.24) is 4.31 Å². The average Bonchev–Trinajstić information content (AvgIpc) is 2.59. The Hall–Kier alpha value is -1.91. The second-order valence-corrected chi connectivity index (χ2v) is 7.37. The number of piperidine rings is 1. The molecular formula is C16H20N2O4S. The van der Waals surface area contributed by atoms with Crippen LogP contribution >= 0.6 is 0 Å². The second-order valence-electron chi connectivity index (χ2n) is 5.43. The Labute approximate surface area is 136 Å². The highest BCUT2D eigenvalue weighted by atomic mass is 32.2. The number of esters is 1. The molecule has 0 bridgehead atoms. The lowest BCUT2D eigenvalue weighted by Gasteiger charge is -2.25.